The number of nitrogens with one attached hydrogen (secondary N) is 1. The molecule has 2 rings (SSSR count). The fourth-order valence-corrected chi connectivity index (χ4v) is 2.44. The van der Waals surface area contributed by atoms with Gasteiger partial charge in [-0.05, 0) is 46.7 Å². The highest BCUT2D eigenvalue weighted by Gasteiger charge is 2.11. The van der Waals surface area contributed by atoms with Gasteiger partial charge in [-0.1, -0.05) is 0 Å². The fraction of sp³-hybridized carbons (Fsp3) is 0.273. The molecule has 0 bridgehead atoms. The van der Waals surface area contributed by atoms with Crippen LogP contribution in [0.15, 0.2) is 18.3 Å². The van der Waals surface area contributed by atoms with Gasteiger partial charge >= 0.3 is 5.97 Å². The third-order valence-electron chi connectivity index (χ3n) is 2.43. The lowest BCUT2D eigenvalue weighted by atomic mass is 10.1. The van der Waals surface area contributed by atoms with Crippen LogP contribution in [-0.2, 0) is 16.0 Å². The standard InChI is InChI=1S/C11H11IN2O2/c1-16-9(15)5-4-7-8-3-2-6-13-11(8)14-10(7)12/h2-3,6H,4-5H2,1H3,(H,13,14). The molecule has 5 heteroatoms. The molecule has 0 aliphatic rings. The van der Waals surface area contributed by atoms with Crippen molar-refractivity contribution in [1.29, 1.82) is 0 Å². The number of ether oxygens (including phenoxy) is 1. The van der Waals surface area contributed by atoms with E-state index in [4.69, 9.17) is 0 Å². The van der Waals surface area contributed by atoms with Crippen molar-refractivity contribution >= 4 is 39.6 Å². The third-order valence-corrected chi connectivity index (χ3v) is 3.35. The number of methoxy groups -OCH3 is 1. The molecular formula is C11H11IN2O2. The number of aryl methyl sites for hydroxylation is 1. The van der Waals surface area contributed by atoms with Gasteiger partial charge in [0.2, 0.25) is 0 Å². The molecule has 2 heterocycles. The lowest BCUT2D eigenvalue weighted by Crippen LogP contribution is -2.02. The van der Waals surface area contributed by atoms with Crippen LogP contribution < -0.4 is 0 Å². The van der Waals surface area contributed by atoms with E-state index in [1.807, 2.05) is 12.1 Å². The molecule has 0 saturated carbocycles. The Morgan fingerprint density at radius 3 is 3.19 bits per heavy atom. The third kappa shape index (κ3) is 2.18. The maximum Gasteiger partial charge on any atom is 0.305 e. The number of aromatic amines is 1. The topological polar surface area (TPSA) is 55.0 Å². The molecule has 0 saturated heterocycles. The van der Waals surface area contributed by atoms with Crippen molar-refractivity contribution in [2.45, 2.75) is 12.8 Å². The number of hydrogen-bond acceptors (Lipinski definition) is 3. The van der Waals surface area contributed by atoms with E-state index in [0.29, 0.717) is 12.8 Å². The average Bonchev–Trinajstić information content (AvgIpc) is 2.62. The van der Waals surface area contributed by atoms with Gasteiger partial charge in [0.15, 0.2) is 0 Å². The van der Waals surface area contributed by atoms with Crippen LogP contribution in [0.25, 0.3) is 11.0 Å². The minimum atomic E-state index is -0.186. The van der Waals surface area contributed by atoms with Crippen molar-refractivity contribution < 1.29 is 9.53 Å². The Bertz CT molecular complexity index is 522. The molecule has 0 atom stereocenters. The van der Waals surface area contributed by atoms with E-state index in [1.54, 1.807) is 6.20 Å². The zero-order chi connectivity index (χ0) is 11.5. The maximum absolute atomic E-state index is 11.1. The SMILES string of the molecule is COC(=O)CCc1c(I)[nH]c2ncccc12. The summed E-state index contributed by atoms with van der Waals surface area (Å²) in [6, 6.07) is 3.90. The summed E-state index contributed by atoms with van der Waals surface area (Å²) in [5.74, 6) is -0.186. The molecule has 0 aliphatic heterocycles. The number of fused-ring (bicyclic) bond motifs is 1. The van der Waals surface area contributed by atoms with Crippen LogP contribution in [0.1, 0.15) is 12.0 Å². The van der Waals surface area contributed by atoms with Gasteiger partial charge in [-0.25, -0.2) is 4.98 Å². The molecule has 2 aromatic heterocycles. The summed E-state index contributed by atoms with van der Waals surface area (Å²) in [7, 11) is 1.41. The van der Waals surface area contributed by atoms with Crippen molar-refractivity contribution in [2.75, 3.05) is 7.11 Å². The average molecular weight is 330 g/mol. The van der Waals surface area contributed by atoms with Crippen molar-refractivity contribution in [3.05, 3.63) is 27.6 Å². The number of H-pyrrole nitrogens is 1. The number of carbonyl (C=O) groups excluding carboxylic acids is 1. The second kappa shape index (κ2) is 4.82. The Morgan fingerprint density at radius 1 is 1.62 bits per heavy atom. The van der Waals surface area contributed by atoms with Gasteiger partial charge in [0.05, 0.1) is 10.8 Å². The predicted octanol–water partition coefficient (Wildman–Crippen LogP) is 2.27. The van der Waals surface area contributed by atoms with E-state index in [1.165, 1.54) is 7.11 Å². The van der Waals surface area contributed by atoms with Crippen molar-refractivity contribution in [1.82, 2.24) is 9.97 Å². The lowest BCUT2D eigenvalue weighted by molar-refractivity contribution is -0.140. The number of hydrogen-bond donors (Lipinski definition) is 1. The van der Waals surface area contributed by atoms with Crippen LogP contribution in [0.2, 0.25) is 0 Å². The van der Waals surface area contributed by atoms with Gasteiger partial charge in [-0.2, -0.15) is 0 Å². The van der Waals surface area contributed by atoms with E-state index in [9.17, 15) is 4.79 Å². The largest absolute Gasteiger partial charge is 0.469 e. The molecule has 16 heavy (non-hydrogen) atoms. The minimum absolute atomic E-state index is 0.186. The van der Waals surface area contributed by atoms with E-state index in [-0.39, 0.29) is 5.97 Å². The second-order valence-corrected chi connectivity index (χ2v) is 4.47. The Morgan fingerprint density at radius 2 is 2.44 bits per heavy atom. The molecule has 0 unspecified atom stereocenters. The maximum atomic E-state index is 11.1. The Hall–Kier alpha value is -1.11. The molecule has 0 fully saturated rings. The van der Waals surface area contributed by atoms with Crippen LogP contribution in [0.3, 0.4) is 0 Å². The quantitative estimate of drug-likeness (QED) is 0.694. The normalized spacial score (nSPS) is 10.6. The van der Waals surface area contributed by atoms with Gasteiger partial charge in [0.1, 0.15) is 5.65 Å². The number of carbonyl (C=O) groups is 1. The molecule has 2 aromatic rings. The Balaban J connectivity index is 2.29. The molecule has 0 amide bonds. The zero-order valence-electron chi connectivity index (χ0n) is 8.79. The Labute approximate surface area is 107 Å². The lowest BCUT2D eigenvalue weighted by Gasteiger charge is -1.99. The van der Waals surface area contributed by atoms with Gasteiger partial charge in [0, 0.05) is 18.0 Å². The first-order chi connectivity index (χ1) is 7.72. The number of halogens is 1. The minimum Gasteiger partial charge on any atom is -0.469 e. The van der Waals surface area contributed by atoms with Gasteiger partial charge in [-0.15, -0.1) is 0 Å². The first kappa shape index (κ1) is 11.4. The van der Waals surface area contributed by atoms with Crippen molar-refractivity contribution in [3.8, 4) is 0 Å². The predicted molar refractivity (Wildman–Crippen MR) is 69.1 cm³/mol. The van der Waals surface area contributed by atoms with E-state index < -0.39 is 0 Å². The van der Waals surface area contributed by atoms with Crippen LogP contribution in [0.4, 0.5) is 0 Å². The monoisotopic (exact) mass is 330 g/mol. The molecule has 1 N–H and O–H groups in total. The number of pyridine rings is 1. The summed E-state index contributed by atoms with van der Waals surface area (Å²) >= 11 is 2.22. The van der Waals surface area contributed by atoms with Crippen molar-refractivity contribution in [2.24, 2.45) is 0 Å². The van der Waals surface area contributed by atoms with Crippen molar-refractivity contribution in [3.63, 3.8) is 0 Å². The van der Waals surface area contributed by atoms with E-state index in [0.717, 1.165) is 20.3 Å². The van der Waals surface area contributed by atoms with Crippen LogP contribution in [-0.4, -0.2) is 23.0 Å². The van der Waals surface area contributed by atoms with Crippen LogP contribution in [0.5, 0.6) is 0 Å². The van der Waals surface area contributed by atoms with Gasteiger partial charge in [-0.3, -0.25) is 4.79 Å². The number of nitrogens with zero attached hydrogens (tertiary/aromatic N) is 1. The van der Waals surface area contributed by atoms with E-state index in [2.05, 4.69) is 37.3 Å². The summed E-state index contributed by atoms with van der Waals surface area (Å²) in [5.41, 5.74) is 2.00. The smallest absolute Gasteiger partial charge is 0.305 e. The molecule has 84 valence electrons. The van der Waals surface area contributed by atoms with Gasteiger partial charge < -0.3 is 9.72 Å². The fourth-order valence-electron chi connectivity index (χ4n) is 1.62. The highest BCUT2D eigenvalue weighted by Crippen LogP contribution is 2.23. The highest BCUT2D eigenvalue weighted by atomic mass is 127. The summed E-state index contributed by atoms with van der Waals surface area (Å²) < 4.78 is 5.67. The van der Waals surface area contributed by atoms with Crippen LogP contribution in [0, 0.1) is 3.70 Å². The molecule has 0 spiro atoms. The number of aromatic nitrogens is 2. The molecular weight excluding hydrogens is 319 g/mol. The number of esters is 1. The zero-order valence-corrected chi connectivity index (χ0v) is 10.9. The van der Waals surface area contributed by atoms with Gasteiger partial charge in [0.25, 0.3) is 0 Å². The summed E-state index contributed by atoms with van der Waals surface area (Å²) in [4.78, 5) is 18.5. The Kier molecular flexibility index (Phi) is 3.42. The summed E-state index contributed by atoms with van der Waals surface area (Å²) in [5, 5.41) is 1.08. The first-order valence-corrected chi connectivity index (χ1v) is 5.98. The summed E-state index contributed by atoms with van der Waals surface area (Å²) in [6.07, 6.45) is 2.82. The number of rotatable bonds is 3. The first-order valence-electron chi connectivity index (χ1n) is 4.90. The van der Waals surface area contributed by atoms with Crippen LogP contribution >= 0.6 is 22.6 Å². The summed E-state index contributed by atoms with van der Waals surface area (Å²) in [6.45, 7) is 0. The molecule has 0 aromatic carbocycles. The molecule has 4 nitrogen and oxygen atoms in total. The second-order valence-electron chi connectivity index (χ2n) is 3.39. The molecule has 0 radical (unpaired) electrons. The highest BCUT2D eigenvalue weighted by molar-refractivity contribution is 14.1. The van der Waals surface area contributed by atoms with E-state index >= 15 is 0 Å². The molecule has 0 aliphatic carbocycles.